The Morgan fingerprint density at radius 2 is 2.08 bits per heavy atom. The molecule has 0 radical (unpaired) electrons. The van der Waals surface area contributed by atoms with Crippen molar-refractivity contribution in [2.24, 2.45) is 0 Å². The molecule has 0 heterocycles. The van der Waals surface area contributed by atoms with E-state index in [1.54, 1.807) is 13.2 Å². The zero-order valence-corrected chi connectivity index (χ0v) is 7.08. The van der Waals surface area contributed by atoms with Crippen molar-refractivity contribution >= 4 is 6.29 Å². The fourth-order valence-electron chi connectivity index (χ4n) is 0.463. The van der Waals surface area contributed by atoms with Crippen LogP contribution >= 0.6 is 0 Å². The van der Waals surface area contributed by atoms with Gasteiger partial charge in [-0.2, -0.15) is 0 Å². The van der Waals surface area contributed by atoms with Crippen LogP contribution in [0.2, 0.25) is 0 Å². The molecule has 66 valence electrons. The number of ether oxygens (including phenoxy) is 2. The van der Waals surface area contributed by atoms with Gasteiger partial charge in [-0.3, -0.25) is 4.79 Å². The van der Waals surface area contributed by atoms with Crippen LogP contribution in [0.25, 0.3) is 0 Å². The van der Waals surface area contributed by atoms with Gasteiger partial charge in [0.05, 0.1) is 6.61 Å². The number of hydrogen-bond acceptors (Lipinski definition) is 3. The molecule has 0 N–H and O–H groups in total. The first-order chi connectivity index (χ1) is 5.91. The minimum Gasteiger partial charge on any atom is -0.372 e. The van der Waals surface area contributed by atoms with Gasteiger partial charge in [0.1, 0.15) is 19.5 Å². The summed E-state index contributed by atoms with van der Waals surface area (Å²) in [6, 6.07) is 0. The minimum absolute atomic E-state index is 0.368. The molecule has 0 spiro atoms. The molecule has 0 atom stereocenters. The number of methoxy groups -OCH3 is 1. The van der Waals surface area contributed by atoms with E-state index in [1.807, 2.05) is 0 Å². The van der Waals surface area contributed by atoms with E-state index in [1.165, 1.54) is 6.08 Å². The molecule has 0 aromatic carbocycles. The predicted molar refractivity (Wildman–Crippen MR) is 45.7 cm³/mol. The number of aldehydes is 1. The number of rotatable bonds is 5. The molecular formula is C9H12O3. The Hall–Kier alpha value is -1.11. The Bertz CT molecular complexity index is 186. The van der Waals surface area contributed by atoms with Crippen molar-refractivity contribution in [1.29, 1.82) is 0 Å². The normalized spacial score (nSPS) is 9.42. The highest BCUT2D eigenvalue weighted by molar-refractivity contribution is 5.64. The Morgan fingerprint density at radius 1 is 1.33 bits per heavy atom. The molecule has 0 rings (SSSR count). The summed E-state index contributed by atoms with van der Waals surface area (Å²) < 4.78 is 9.70. The molecule has 0 saturated carbocycles. The smallest absolute Gasteiger partial charge is 0.142 e. The van der Waals surface area contributed by atoms with Crippen LogP contribution in [-0.4, -0.2) is 33.2 Å². The second-order valence-corrected chi connectivity index (χ2v) is 1.87. The van der Waals surface area contributed by atoms with Gasteiger partial charge in [-0.25, -0.2) is 0 Å². The highest BCUT2D eigenvalue weighted by Crippen LogP contribution is 1.74. The van der Waals surface area contributed by atoms with Crippen LogP contribution in [0.4, 0.5) is 0 Å². The predicted octanol–water partition coefficient (Wildman–Crippen LogP) is 0.408. The van der Waals surface area contributed by atoms with Gasteiger partial charge in [-0.1, -0.05) is 17.9 Å². The van der Waals surface area contributed by atoms with Crippen LogP contribution in [0, 0.1) is 11.8 Å². The molecule has 0 aromatic heterocycles. The van der Waals surface area contributed by atoms with Crippen LogP contribution in [0.15, 0.2) is 12.2 Å². The summed E-state index contributed by atoms with van der Waals surface area (Å²) in [6.07, 6.45) is 3.73. The van der Waals surface area contributed by atoms with Crippen molar-refractivity contribution in [3.8, 4) is 11.8 Å². The summed E-state index contributed by atoms with van der Waals surface area (Å²) in [6.45, 7) is 1.21. The molecule has 3 heteroatoms. The van der Waals surface area contributed by atoms with Crippen LogP contribution in [0.5, 0.6) is 0 Å². The van der Waals surface area contributed by atoms with Gasteiger partial charge in [-0.15, -0.1) is 0 Å². The summed E-state index contributed by atoms with van der Waals surface area (Å²) in [4.78, 5) is 9.79. The Labute approximate surface area is 72.4 Å². The van der Waals surface area contributed by atoms with Crippen molar-refractivity contribution in [2.75, 3.05) is 26.9 Å². The molecule has 0 aliphatic rings. The van der Waals surface area contributed by atoms with Gasteiger partial charge in [-0.05, 0) is 6.08 Å². The molecule has 0 aliphatic carbocycles. The summed E-state index contributed by atoms with van der Waals surface area (Å²) in [5.74, 6) is 5.48. The topological polar surface area (TPSA) is 35.5 Å². The summed E-state index contributed by atoms with van der Waals surface area (Å²) >= 11 is 0. The van der Waals surface area contributed by atoms with E-state index in [9.17, 15) is 4.79 Å². The van der Waals surface area contributed by atoms with E-state index in [-0.39, 0.29) is 0 Å². The molecule has 0 aliphatic heterocycles. The van der Waals surface area contributed by atoms with Crippen molar-refractivity contribution in [3.05, 3.63) is 12.2 Å². The van der Waals surface area contributed by atoms with Crippen LogP contribution in [0.3, 0.4) is 0 Å². The quantitative estimate of drug-likeness (QED) is 0.258. The number of carbonyl (C=O) groups is 1. The maximum Gasteiger partial charge on any atom is 0.142 e. The average Bonchev–Trinajstić information content (AvgIpc) is 2.10. The van der Waals surface area contributed by atoms with Gasteiger partial charge in [0, 0.05) is 7.11 Å². The second kappa shape index (κ2) is 9.89. The molecule has 0 aromatic rings. The lowest BCUT2D eigenvalue weighted by Gasteiger charge is -1.90. The van der Waals surface area contributed by atoms with Gasteiger partial charge in [0.25, 0.3) is 0 Å². The monoisotopic (exact) mass is 168 g/mol. The van der Waals surface area contributed by atoms with E-state index >= 15 is 0 Å². The van der Waals surface area contributed by atoms with Crippen molar-refractivity contribution in [2.45, 2.75) is 0 Å². The lowest BCUT2D eigenvalue weighted by Crippen LogP contribution is -1.91. The summed E-state index contributed by atoms with van der Waals surface area (Å²) in [7, 11) is 1.59. The third-order valence-electron chi connectivity index (χ3n) is 0.944. The summed E-state index contributed by atoms with van der Waals surface area (Å²) in [5.41, 5.74) is 0. The standard InChI is InChI=1S/C9H12O3/c1-11-7-4-5-9-12-8-3-2-6-10/h2-3,6H,7-9H2,1H3/b3-2+. The zero-order chi connectivity index (χ0) is 9.07. The molecule has 12 heavy (non-hydrogen) atoms. The van der Waals surface area contributed by atoms with Crippen LogP contribution in [-0.2, 0) is 14.3 Å². The second-order valence-electron chi connectivity index (χ2n) is 1.87. The van der Waals surface area contributed by atoms with Gasteiger partial charge in [0.2, 0.25) is 0 Å². The van der Waals surface area contributed by atoms with Gasteiger partial charge < -0.3 is 9.47 Å². The van der Waals surface area contributed by atoms with E-state index in [4.69, 9.17) is 9.47 Å². The van der Waals surface area contributed by atoms with Crippen LogP contribution < -0.4 is 0 Å². The lowest BCUT2D eigenvalue weighted by atomic mass is 10.5. The van der Waals surface area contributed by atoms with Crippen molar-refractivity contribution in [3.63, 3.8) is 0 Å². The largest absolute Gasteiger partial charge is 0.372 e. The van der Waals surface area contributed by atoms with E-state index in [0.717, 1.165) is 0 Å². The molecule has 0 bridgehead atoms. The van der Waals surface area contributed by atoms with Gasteiger partial charge >= 0.3 is 0 Å². The maximum atomic E-state index is 9.79. The zero-order valence-electron chi connectivity index (χ0n) is 7.08. The highest BCUT2D eigenvalue weighted by atomic mass is 16.5. The fraction of sp³-hybridized carbons (Fsp3) is 0.444. The number of allylic oxidation sites excluding steroid dienone is 1. The Kier molecular flexibility index (Phi) is 8.98. The fourth-order valence-corrected chi connectivity index (χ4v) is 0.463. The first-order valence-corrected chi connectivity index (χ1v) is 3.54. The molecular weight excluding hydrogens is 156 g/mol. The van der Waals surface area contributed by atoms with E-state index in [2.05, 4.69) is 11.8 Å². The van der Waals surface area contributed by atoms with Gasteiger partial charge in [0.15, 0.2) is 0 Å². The molecule has 0 unspecified atom stereocenters. The van der Waals surface area contributed by atoms with E-state index in [0.29, 0.717) is 26.1 Å². The Balaban J connectivity index is 3.16. The first-order valence-electron chi connectivity index (χ1n) is 3.54. The number of hydrogen-bond donors (Lipinski definition) is 0. The molecule has 3 nitrogen and oxygen atoms in total. The number of carbonyl (C=O) groups excluding carboxylic acids is 1. The molecule has 0 saturated heterocycles. The minimum atomic E-state index is 0.368. The average molecular weight is 168 g/mol. The third-order valence-corrected chi connectivity index (χ3v) is 0.944. The van der Waals surface area contributed by atoms with Crippen molar-refractivity contribution in [1.82, 2.24) is 0 Å². The first kappa shape index (κ1) is 10.9. The SMILES string of the molecule is COCC#CCOC/C=C/C=O. The summed E-state index contributed by atoms with van der Waals surface area (Å²) in [5, 5.41) is 0. The van der Waals surface area contributed by atoms with E-state index < -0.39 is 0 Å². The molecule has 0 fully saturated rings. The highest BCUT2D eigenvalue weighted by Gasteiger charge is 1.76. The maximum absolute atomic E-state index is 9.79. The third kappa shape index (κ3) is 8.89. The lowest BCUT2D eigenvalue weighted by molar-refractivity contribution is -0.104. The van der Waals surface area contributed by atoms with Crippen LogP contribution in [0.1, 0.15) is 0 Å². The Morgan fingerprint density at radius 3 is 2.75 bits per heavy atom. The molecule has 0 amide bonds. The van der Waals surface area contributed by atoms with Crippen molar-refractivity contribution < 1.29 is 14.3 Å².